The molecule has 2 N–H and O–H groups in total. The van der Waals surface area contributed by atoms with Gasteiger partial charge in [0.1, 0.15) is 4.90 Å². The number of rotatable bonds is 8. The minimum absolute atomic E-state index is 0.250. The van der Waals surface area contributed by atoms with Gasteiger partial charge in [-0.2, -0.15) is 16.9 Å². The maximum absolute atomic E-state index is 12.1. The molecule has 2 heterocycles. The van der Waals surface area contributed by atoms with Gasteiger partial charge in [-0.3, -0.25) is 4.68 Å². The van der Waals surface area contributed by atoms with Gasteiger partial charge in [0.2, 0.25) is 10.0 Å². The summed E-state index contributed by atoms with van der Waals surface area (Å²) in [6.45, 7) is 4.91. The first-order chi connectivity index (χ1) is 9.62. The molecule has 8 heteroatoms. The second-order valence-corrected chi connectivity index (χ2v) is 7.79. The summed E-state index contributed by atoms with van der Waals surface area (Å²) < 4.78 is 28.6. The summed E-state index contributed by atoms with van der Waals surface area (Å²) >= 11 is 1.89. The molecule has 1 unspecified atom stereocenters. The Hall–Kier alpha value is -0.570. The average Bonchev–Trinajstić information content (AvgIpc) is 3.08. The molecule has 1 saturated heterocycles. The van der Waals surface area contributed by atoms with Crippen molar-refractivity contribution in [2.75, 3.05) is 31.1 Å². The lowest BCUT2D eigenvalue weighted by molar-refractivity contribution is 0.544. The Morgan fingerprint density at radius 2 is 2.40 bits per heavy atom. The predicted octanol–water partition coefficient (Wildman–Crippen LogP) is 0.524. The maximum Gasteiger partial charge on any atom is 0.243 e. The lowest BCUT2D eigenvalue weighted by atomic mass is 10.1. The molecule has 0 radical (unpaired) electrons. The van der Waals surface area contributed by atoms with Gasteiger partial charge in [-0.1, -0.05) is 6.92 Å². The van der Waals surface area contributed by atoms with Crippen LogP contribution in [-0.4, -0.2) is 49.3 Å². The number of hydrogen-bond acceptors (Lipinski definition) is 5. The molecule has 1 atom stereocenters. The molecule has 0 bridgehead atoms. The van der Waals surface area contributed by atoms with Gasteiger partial charge in [0.05, 0.1) is 12.7 Å². The fourth-order valence-electron chi connectivity index (χ4n) is 2.03. The van der Waals surface area contributed by atoms with Crippen LogP contribution >= 0.6 is 11.8 Å². The third-order valence-electron chi connectivity index (χ3n) is 3.27. The molecule has 0 aromatic carbocycles. The van der Waals surface area contributed by atoms with Crippen molar-refractivity contribution in [2.45, 2.75) is 24.8 Å². The summed E-state index contributed by atoms with van der Waals surface area (Å²) in [5.41, 5.74) is 0. The summed E-state index contributed by atoms with van der Waals surface area (Å²) in [4.78, 5) is 0.250. The first-order valence-electron chi connectivity index (χ1n) is 6.92. The monoisotopic (exact) mass is 318 g/mol. The molecule has 114 valence electrons. The summed E-state index contributed by atoms with van der Waals surface area (Å²) in [6.07, 6.45) is 4.09. The first-order valence-corrected chi connectivity index (χ1v) is 9.56. The van der Waals surface area contributed by atoms with Gasteiger partial charge in [0.25, 0.3) is 0 Å². The molecule has 0 amide bonds. The maximum atomic E-state index is 12.1. The highest BCUT2D eigenvalue weighted by molar-refractivity contribution is 7.99. The molecule has 0 spiro atoms. The predicted molar refractivity (Wildman–Crippen MR) is 81.4 cm³/mol. The molecule has 6 nitrogen and oxygen atoms in total. The van der Waals surface area contributed by atoms with Crippen LogP contribution in [0.5, 0.6) is 0 Å². The van der Waals surface area contributed by atoms with Crippen molar-refractivity contribution in [1.29, 1.82) is 0 Å². The SMILES string of the molecule is CCNCCn1cc(S(=O)(=O)NCC2CCSC2)cn1. The van der Waals surface area contributed by atoms with Gasteiger partial charge in [-0.05, 0) is 30.4 Å². The lowest BCUT2D eigenvalue weighted by Gasteiger charge is -2.09. The van der Waals surface area contributed by atoms with E-state index in [-0.39, 0.29) is 4.90 Å². The molecule has 1 aromatic heterocycles. The Morgan fingerprint density at radius 3 is 3.10 bits per heavy atom. The summed E-state index contributed by atoms with van der Waals surface area (Å²) in [7, 11) is -3.42. The standard InChI is InChI=1S/C12H22N4O2S2/c1-2-13-4-5-16-9-12(8-14-16)20(17,18)15-7-11-3-6-19-10-11/h8-9,11,13,15H,2-7,10H2,1H3. The van der Waals surface area contributed by atoms with Crippen molar-refractivity contribution < 1.29 is 8.42 Å². The smallest absolute Gasteiger partial charge is 0.243 e. The fraction of sp³-hybridized carbons (Fsp3) is 0.750. The topological polar surface area (TPSA) is 76.0 Å². The summed E-state index contributed by atoms with van der Waals surface area (Å²) in [5.74, 6) is 2.64. The zero-order chi connectivity index (χ0) is 14.4. The molecule has 1 aromatic rings. The lowest BCUT2D eigenvalue weighted by Crippen LogP contribution is -2.29. The highest BCUT2D eigenvalue weighted by Gasteiger charge is 2.21. The van der Waals surface area contributed by atoms with Crippen LogP contribution in [0.4, 0.5) is 0 Å². The number of nitrogens with zero attached hydrogens (tertiary/aromatic N) is 2. The molecule has 1 fully saturated rings. The van der Waals surface area contributed by atoms with Crippen LogP contribution in [0.15, 0.2) is 17.3 Å². The minimum atomic E-state index is -3.42. The van der Waals surface area contributed by atoms with Crippen molar-refractivity contribution in [3.05, 3.63) is 12.4 Å². The van der Waals surface area contributed by atoms with Crippen LogP contribution in [0, 0.1) is 5.92 Å². The Kier molecular flexibility index (Phi) is 5.88. The Balaban J connectivity index is 1.88. The van der Waals surface area contributed by atoms with E-state index in [1.165, 1.54) is 6.20 Å². The minimum Gasteiger partial charge on any atom is -0.315 e. The normalized spacial score (nSPS) is 19.6. The third-order valence-corrected chi connectivity index (χ3v) is 5.88. The number of sulfonamides is 1. The van der Waals surface area contributed by atoms with Crippen molar-refractivity contribution in [2.24, 2.45) is 5.92 Å². The van der Waals surface area contributed by atoms with Crippen LogP contribution in [0.25, 0.3) is 0 Å². The number of thioether (sulfide) groups is 1. The molecule has 0 saturated carbocycles. The van der Waals surface area contributed by atoms with Gasteiger partial charge in [-0.25, -0.2) is 13.1 Å². The zero-order valence-electron chi connectivity index (χ0n) is 11.7. The second kappa shape index (κ2) is 7.44. The molecule has 1 aliphatic heterocycles. The van der Waals surface area contributed by atoms with Crippen LogP contribution in [0.3, 0.4) is 0 Å². The average molecular weight is 318 g/mol. The summed E-state index contributed by atoms with van der Waals surface area (Å²) in [5, 5.41) is 7.27. The Labute approximate surface area is 124 Å². The van der Waals surface area contributed by atoms with E-state index in [1.807, 2.05) is 18.7 Å². The zero-order valence-corrected chi connectivity index (χ0v) is 13.3. The van der Waals surface area contributed by atoms with Gasteiger partial charge < -0.3 is 5.32 Å². The van der Waals surface area contributed by atoms with E-state index in [0.29, 0.717) is 19.0 Å². The van der Waals surface area contributed by atoms with E-state index in [0.717, 1.165) is 31.0 Å². The quantitative estimate of drug-likeness (QED) is 0.684. The van der Waals surface area contributed by atoms with Crippen molar-refractivity contribution >= 4 is 21.8 Å². The largest absolute Gasteiger partial charge is 0.315 e. The number of hydrogen-bond donors (Lipinski definition) is 2. The van der Waals surface area contributed by atoms with Crippen LogP contribution in [0.2, 0.25) is 0 Å². The van der Waals surface area contributed by atoms with E-state index in [4.69, 9.17) is 0 Å². The van der Waals surface area contributed by atoms with Crippen LogP contribution < -0.4 is 10.0 Å². The number of aromatic nitrogens is 2. The van der Waals surface area contributed by atoms with Crippen molar-refractivity contribution in [3.63, 3.8) is 0 Å². The molecule has 0 aliphatic carbocycles. The number of nitrogens with one attached hydrogen (secondary N) is 2. The summed E-state index contributed by atoms with van der Waals surface area (Å²) in [6, 6.07) is 0. The van der Waals surface area contributed by atoms with Crippen LogP contribution in [0.1, 0.15) is 13.3 Å². The molecule has 20 heavy (non-hydrogen) atoms. The van der Waals surface area contributed by atoms with E-state index in [1.54, 1.807) is 10.9 Å². The highest BCUT2D eigenvalue weighted by Crippen LogP contribution is 2.23. The van der Waals surface area contributed by atoms with Gasteiger partial charge in [0, 0.05) is 19.3 Å². The molecule has 2 rings (SSSR count). The highest BCUT2D eigenvalue weighted by atomic mass is 32.2. The molecular weight excluding hydrogens is 296 g/mol. The first kappa shape index (κ1) is 15.8. The van der Waals surface area contributed by atoms with E-state index in [9.17, 15) is 8.42 Å². The van der Waals surface area contributed by atoms with E-state index in [2.05, 4.69) is 15.1 Å². The second-order valence-electron chi connectivity index (χ2n) is 4.87. The molecular formula is C12H22N4O2S2. The van der Waals surface area contributed by atoms with Crippen LogP contribution in [-0.2, 0) is 16.6 Å². The Bertz CT molecular complexity index is 509. The van der Waals surface area contributed by atoms with E-state index >= 15 is 0 Å². The van der Waals surface area contributed by atoms with E-state index < -0.39 is 10.0 Å². The third kappa shape index (κ3) is 4.47. The van der Waals surface area contributed by atoms with Gasteiger partial charge in [0.15, 0.2) is 0 Å². The fourth-order valence-corrected chi connectivity index (χ4v) is 4.38. The number of likely N-dealkylation sites (N-methyl/N-ethyl adjacent to an activating group) is 1. The van der Waals surface area contributed by atoms with Gasteiger partial charge >= 0.3 is 0 Å². The van der Waals surface area contributed by atoms with Crippen molar-refractivity contribution in [1.82, 2.24) is 19.8 Å². The molecule has 1 aliphatic rings. The van der Waals surface area contributed by atoms with Gasteiger partial charge in [-0.15, -0.1) is 0 Å². The van der Waals surface area contributed by atoms with Crippen molar-refractivity contribution in [3.8, 4) is 0 Å². The Morgan fingerprint density at radius 1 is 1.55 bits per heavy atom.